The maximum Gasteiger partial charge on any atom is 0.312 e. The van der Waals surface area contributed by atoms with Crippen molar-refractivity contribution in [3.05, 3.63) is 92.9 Å². The summed E-state index contributed by atoms with van der Waals surface area (Å²) in [5.74, 6) is 1.01. The van der Waals surface area contributed by atoms with Gasteiger partial charge in [-0.15, -0.1) is 0 Å². The van der Waals surface area contributed by atoms with E-state index in [-0.39, 0.29) is 35.0 Å². The van der Waals surface area contributed by atoms with Crippen molar-refractivity contribution in [2.24, 2.45) is 0 Å². The number of hydrogen-bond donors (Lipinski definition) is 1. The molecule has 2 aromatic heterocycles. The van der Waals surface area contributed by atoms with Gasteiger partial charge in [0.1, 0.15) is 28.8 Å². The summed E-state index contributed by atoms with van der Waals surface area (Å²) in [7, 11) is 1.55. The van der Waals surface area contributed by atoms with E-state index in [4.69, 9.17) is 18.6 Å². The van der Waals surface area contributed by atoms with Gasteiger partial charge in [-0.2, -0.15) is 0 Å². The van der Waals surface area contributed by atoms with Gasteiger partial charge >= 0.3 is 5.97 Å². The van der Waals surface area contributed by atoms with E-state index in [1.165, 1.54) is 6.08 Å². The van der Waals surface area contributed by atoms with Crippen molar-refractivity contribution in [1.29, 1.82) is 0 Å². The van der Waals surface area contributed by atoms with Gasteiger partial charge in [-0.05, 0) is 54.8 Å². The summed E-state index contributed by atoms with van der Waals surface area (Å²) in [6.07, 6.45) is 1.46. The average molecular weight is 469 g/mol. The van der Waals surface area contributed by atoms with Crippen LogP contribution in [0.3, 0.4) is 0 Å². The number of Topliss-reactive ketones (excluding diaryl/α,β-unsaturated/α-hetero) is 1. The van der Waals surface area contributed by atoms with Gasteiger partial charge in [-0.1, -0.05) is 0 Å². The van der Waals surface area contributed by atoms with Crippen LogP contribution in [-0.4, -0.2) is 23.8 Å². The summed E-state index contributed by atoms with van der Waals surface area (Å²) in [6, 6.07) is 13.8. The zero-order valence-corrected chi connectivity index (χ0v) is 18.8. The van der Waals surface area contributed by atoms with E-state index < -0.39 is 11.9 Å². The second-order valence-electron chi connectivity index (χ2n) is 8.48. The Morgan fingerprint density at radius 2 is 1.89 bits per heavy atom. The number of esters is 1. The number of aromatic amines is 1. The SMILES string of the molecule is COc1ccc2cc(C3CC(=O)Oc4ccc5c(c43)OC(=Cc3ccc(C)o3)C5=O)c(=O)[nH]c2c1. The number of ketones is 1. The fourth-order valence-corrected chi connectivity index (χ4v) is 4.61. The number of carbonyl (C=O) groups is 2. The molecule has 8 nitrogen and oxygen atoms in total. The number of hydrogen-bond acceptors (Lipinski definition) is 7. The lowest BCUT2D eigenvalue weighted by atomic mass is 9.85. The highest BCUT2D eigenvalue weighted by Crippen LogP contribution is 2.48. The van der Waals surface area contributed by atoms with Gasteiger partial charge < -0.3 is 23.6 Å². The predicted octanol–water partition coefficient (Wildman–Crippen LogP) is 4.50. The van der Waals surface area contributed by atoms with Gasteiger partial charge in [0.25, 0.3) is 5.56 Å². The summed E-state index contributed by atoms with van der Waals surface area (Å²) in [6.45, 7) is 1.81. The van der Waals surface area contributed by atoms with E-state index in [9.17, 15) is 14.4 Å². The normalized spacial score (nSPS) is 17.8. The number of rotatable bonds is 3. The zero-order chi connectivity index (χ0) is 24.3. The fraction of sp³-hybridized carbons (Fsp3) is 0.148. The second kappa shape index (κ2) is 7.73. The van der Waals surface area contributed by atoms with Crippen LogP contribution >= 0.6 is 0 Å². The highest BCUT2D eigenvalue weighted by atomic mass is 16.5. The smallest absolute Gasteiger partial charge is 0.312 e. The van der Waals surface area contributed by atoms with Gasteiger partial charge in [-0.3, -0.25) is 14.4 Å². The first-order chi connectivity index (χ1) is 16.9. The molecule has 4 aromatic rings. The van der Waals surface area contributed by atoms with Gasteiger partial charge in [0.2, 0.25) is 5.78 Å². The molecule has 0 amide bonds. The maximum atomic E-state index is 13.1. The van der Waals surface area contributed by atoms with Crippen LogP contribution in [0.4, 0.5) is 0 Å². The van der Waals surface area contributed by atoms with Crippen molar-refractivity contribution in [3.8, 4) is 17.2 Å². The molecular formula is C27H19NO7. The van der Waals surface area contributed by atoms with Crippen LogP contribution in [-0.2, 0) is 4.79 Å². The van der Waals surface area contributed by atoms with Crippen molar-refractivity contribution in [3.63, 3.8) is 0 Å². The number of nitrogens with one attached hydrogen (secondary N) is 1. The van der Waals surface area contributed by atoms with Crippen molar-refractivity contribution in [1.82, 2.24) is 4.98 Å². The third-order valence-corrected chi connectivity index (χ3v) is 6.27. The largest absolute Gasteiger partial charge is 0.497 e. The molecule has 0 fully saturated rings. The molecule has 4 heterocycles. The summed E-state index contributed by atoms with van der Waals surface area (Å²) in [4.78, 5) is 41.6. The molecule has 1 unspecified atom stereocenters. The molecule has 2 aliphatic rings. The highest BCUT2D eigenvalue weighted by Gasteiger charge is 2.39. The van der Waals surface area contributed by atoms with Gasteiger partial charge in [0.05, 0.1) is 24.6 Å². The van der Waals surface area contributed by atoms with E-state index >= 15 is 0 Å². The molecule has 2 aliphatic heterocycles. The summed E-state index contributed by atoms with van der Waals surface area (Å²) in [5, 5.41) is 0.777. The quantitative estimate of drug-likeness (QED) is 0.267. The Hall–Kier alpha value is -4.59. The lowest BCUT2D eigenvalue weighted by Crippen LogP contribution is -2.26. The van der Waals surface area contributed by atoms with Crippen LogP contribution in [0.25, 0.3) is 17.0 Å². The van der Waals surface area contributed by atoms with E-state index in [2.05, 4.69) is 4.98 Å². The van der Waals surface area contributed by atoms with E-state index in [1.54, 1.807) is 56.5 Å². The highest BCUT2D eigenvalue weighted by molar-refractivity contribution is 6.15. The lowest BCUT2D eigenvalue weighted by molar-refractivity contribution is -0.135. The molecule has 0 bridgehead atoms. The molecule has 35 heavy (non-hydrogen) atoms. The van der Waals surface area contributed by atoms with Crippen molar-refractivity contribution < 1.29 is 28.2 Å². The minimum Gasteiger partial charge on any atom is -0.497 e. The number of carbonyl (C=O) groups excluding carboxylic acids is 2. The third kappa shape index (κ3) is 3.42. The van der Waals surface area contributed by atoms with Crippen LogP contribution < -0.4 is 19.8 Å². The Kier molecular flexibility index (Phi) is 4.63. The van der Waals surface area contributed by atoms with Crippen LogP contribution in [0.15, 0.2) is 63.5 Å². The molecule has 174 valence electrons. The topological polar surface area (TPSA) is 108 Å². The molecule has 0 aliphatic carbocycles. The summed E-state index contributed by atoms with van der Waals surface area (Å²) < 4.78 is 22.3. The van der Waals surface area contributed by atoms with Crippen LogP contribution in [0, 0.1) is 6.92 Å². The molecule has 0 spiro atoms. The minimum absolute atomic E-state index is 0.0673. The number of furan rings is 1. The minimum atomic E-state index is -0.658. The number of ether oxygens (including phenoxy) is 3. The van der Waals surface area contributed by atoms with Crippen LogP contribution in [0.2, 0.25) is 0 Å². The molecule has 8 heteroatoms. The first-order valence-electron chi connectivity index (χ1n) is 11.0. The lowest BCUT2D eigenvalue weighted by Gasteiger charge is -2.26. The van der Waals surface area contributed by atoms with E-state index in [1.807, 2.05) is 6.07 Å². The fourth-order valence-electron chi connectivity index (χ4n) is 4.61. The van der Waals surface area contributed by atoms with E-state index in [0.29, 0.717) is 39.5 Å². The van der Waals surface area contributed by atoms with Crippen LogP contribution in [0.5, 0.6) is 17.2 Å². The molecule has 2 aromatic carbocycles. The number of pyridine rings is 1. The third-order valence-electron chi connectivity index (χ3n) is 6.27. The molecule has 0 saturated carbocycles. The Morgan fingerprint density at radius 1 is 1.03 bits per heavy atom. The number of fused-ring (bicyclic) bond motifs is 4. The molecule has 1 N–H and O–H groups in total. The van der Waals surface area contributed by atoms with Gasteiger partial charge in [-0.25, -0.2) is 0 Å². The first-order valence-corrected chi connectivity index (χ1v) is 11.0. The number of aromatic nitrogens is 1. The summed E-state index contributed by atoms with van der Waals surface area (Å²) in [5.41, 5.74) is 1.47. The van der Waals surface area contributed by atoms with Crippen molar-refractivity contribution >= 4 is 28.7 Å². The Labute approximate surface area is 198 Å². The number of benzene rings is 2. The van der Waals surface area contributed by atoms with Crippen LogP contribution in [0.1, 0.15) is 45.3 Å². The Morgan fingerprint density at radius 3 is 2.66 bits per heavy atom. The Balaban J connectivity index is 1.49. The number of methoxy groups -OCH3 is 1. The van der Waals surface area contributed by atoms with E-state index in [0.717, 1.165) is 5.39 Å². The van der Waals surface area contributed by atoms with Gasteiger partial charge in [0, 0.05) is 29.2 Å². The van der Waals surface area contributed by atoms with Gasteiger partial charge in [0.15, 0.2) is 5.76 Å². The standard InChI is InChI=1S/C27H19NO7/c1-13-3-5-16(33-13)11-22-25(30)17-7-8-21-24(26(17)35-22)18(12-23(29)34-21)19-9-14-4-6-15(32-2)10-20(14)28-27(19)31/h3-11,18H,12H2,1-2H3,(H,28,31). The Bertz CT molecular complexity index is 1640. The average Bonchev–Trinajstić information content (AvgIpc) is 3.39. The molecule has 1 atom stereocenters. The van der Waals surface area contributed by atoms with Crippen molar-refractivity contribution in [2.75, 3.05) is 7.11 Å². The number of H-pyrrole nitrogens is 1. The molecule has 0 saturated heterocycles. The number of allylic oxidation sites excluding steroid dienone is 1. The zero-order valence-electron chi connectivity index (χ0n) is 18.8. The number of aryl methyl sites for hydroxylation is 1. The predicted molar refractivity (Wildman–Crippen MR) is 126 cm³/mol. The molecular weight excluding hydrogens is 450 g/mol. The van der Waals surface area contributed by atoms with Crippen molar-refractivity contribution in [2.45, 2.75) is 19.3 Å². The summed E-state index contributed by atoms with van der Waals surface area (Å²) >= 11 is 0. The second-order valence-corrected chi connectivity index (χ2v) is 8.48. The monoisotopic (exact) mass is 469 g/mol. The maximum absolute atomic E-state index is 13.1. The molecule has 6 rings (SSSR count). The molecule has 0 radical (unpaired) electrons. The first kappa shape index (κ1) is 21.0.